The first-order chi connectivity index (χ1) is 6.24. The predicted octanol–water partition coefficient (Wildman–Crippen LogP) is 1.73. The summed E-state index contributed by atoms with van der Waals surface area (Å²) in [6.45, 7) is 0. The molecule has 0 atom stereocenters. The van der Waals surface area contributed by atoms with E-state index in [9.17, 15) is 4.39 Å². The Balaban J connectivity index is 1.94. The molecule has 1 aromatic rings. The number of nitrogens with two attached hydrogens (primary N) is 1. The van der Waals surface area contributed by atoms with Gasteiger partial charge in [0.2, 0.25) is 0 Å². The van der Waals surface area contributed by atoms with Crippen LogP contribution in [0.2, 0.25) is 0 Å². The van der Waals surface area contributed by atoms with Crippen molar-refractivity contribution in [3.63, 3.8) is 0 Å². The van der Waals surface area contributed by atoms with Crippen molar-refractivity contribution in [3.05, 3.63) is 30.1 Å². The summed E-state index contributed by atoms with van der Waals surface area (Å²) >= 11 is 0. The summed E-state index contributed by atoms with van der Waals surface area (Å²) in [5.41, 5.74) is 6.48. The van der Waals surface area contributed by atoms with Crippen LogP contribution in [-0.2, 0) is 0 Å². The van der Waals surface area contributed by atoms with Crippen LogP contribution < -0.4 is 11.1 Å². The summed E-state index contributed by atoms with van der Waals surface area (Å²) in [6.07, 6.45) is 1.97. The molecule has 1 saturated carbocycles. The molecule has 0 heterocycles. The summed E-state index contributed by atoms with van der Waals surface area (Å²) in [4.78, 5) is 0. The molecule has 1 aliphatic carbocycles. The number of nitrogens with one attached hydrogen (secondary N) is 1. The quantitative estimate of drug-likeness (QED) is 0.727. The second-order valence-electron chi connectivity index (χ2n) is 3.58. The van der Waals surface area contributed by atoms with Gasteiger partial charge in [0.25, 0.3) is 0 Å². The fourth-order valence-corrected chi connectivity index (χ4v) is 1.59. The molecule has 1 aromatic carbocycles. The molecule has 1 aliphatic rings. The van der Waals surface area contributed by atoms with E-state index in [2.05, 4.69) is 5.32 Å². The first-order valence-electron chi connectivity index (χ1n) is 4.52. The zero-order chi connectivity index (χ0) is 9.26. The molecule has 0 saturated heterocycles. The van der Waals surface area contributed by atoms with Gasteiger partial charge in [-0.2, -0.15) is 0 Å². The number of hydrogen-bond acceptors (Lipinski definition) is 2. The molecule has 0 spiro atoms. The number of hydrogen-bond donors (Lipinski definition) is 2. The van der Waals surface area contributed by atoms with E-state index >= 15 is 0 Å². The summed E-state index contributed by atoms with van der Waals surface area (Å²) in [5, 5.41) is 3.23. The minimum Gasteiger partial charge on any atom is -0.382 e. The minimum absolute atomic E-state index is 0.200. The maximum Gasteiger partial charge on any atom is 0.125 e. The molecule has 70 valence electrons. The highest BCUT2D eigenvalue weighted by atomic mass is 19.1. The monoisotopic (exact) mass is 180 g/mol. The molecule has 0 bridgehead atoms. The zero-order valence-corrected chi connectivity index (χ0v) is 7.33. The van der Waals surface area contributed by atoms with Crippen LogP contribution in [0.3, 0.4) is 0 Å². The van der Waals surface area contributed by atoms with Crippen LogP contribution in [-0.4, -0.2) is 12.1 Å². The Labute approximate surface area is 76.9 Å². The molecule has 0 amide bonds. The molecule has 1 fully saturated rings. The van der Waals surface area contributed by atoms with E-state index in [1.807, 2.05) is 6.07 Å². The summed E-state index contributed by atoms with van der Waals surface area (Å²) in [5.74, 6) is -0.200. The van der Waals surface area contributed by atoms with Crippen LogP contribution in [0.25, 0.3) is 0 Å². The van der Waals surface area contributed by atoms with E-state index in [-0.39, 0.29) is 5.82 Å². The molecule has 2 nitrogen and oxygen atoms in total. The largest absolute Gasteiger partial charge is 0.382 e. The van der Waals surface area contributed by atoms with Crippen LogP contribution in [0, 0.1) is 5.82 Å². The van der Waals surface area contributed by atoms with Gasteiger partial charge in [-0.15, -0.1) is 0 Å². The van der Waals surface area contributed by atoms with E-state index in [0.29, 0.717) is 12.1 Å². The Hall–Kier alpha value is -1.09. The fourth-order valence-electron chi connectivity index (χ4n) is 1.59. The van der Waals surface area contributed by atoms with Crippen molar-refractivity contribution in [3.8, 4) is 0 Å². The zero-order valence-electron chi connectivity index (χ0n) is 7.33. The van der Waals surface area contributed by atoms with Crippen molar-refractivity contribution in [1.29, 1.82) is 0 Å². The van der Waals surface area contributed by atoms with Gasteiger partial charge < -0.3 is 11.1 Å². The van der Waals surface area contributed by atoms with Crippen LogP contribution in [0.15, 0.2) is 24.3 Å². The van der Waals surface area contributed by atoms with Crippen molar-refractivity contribution < 1.29 is 4.39 Å². The van der Waals surface area contributed by atoms with E-state index < -0.39 is 0 Å². The Bertz CT molecular complexity index is 295. The highest BCUT2D eigenvalue weighted by Crippen LogP contribution is 2.22. The minimum atomic E-state index is -0.200. The summed E-state index contributed by atoms with van der Waals surface area (Å²) in [7, 11) is 0. The molecule has 13 heavy (non-hydrogen) atoms. The molecule has 0 unspecified atom stereocenters. The highest BCUT2D eigenvalue weighted by molar-refractivity contribution is 5.44. The van der Waals surface area contributed by atoms with Crippen LogP contribution >= 0.6 is 0 Å². The van der Waals surface area contributed by atoms with Crippen molar-refractivity contribution in [2.75, 3.05) is 5.32 Å². The van der Waals surface area contributed by atoms with Crippen LogP contribution in [0.5, 0.6) is 0 Å². The molecule has 0 radical (unpaired) electrons. The molecule has 3 N–H and O–H groups in total. The number of benzene rings is 1. The van der Waals surface area contributed by atoms with Gasteiger partial charge in [0.05, 0.1) is 0 Å². The first-order valence-corrected chi connectivity index (χ1v) is 4.52. The Morgan fingerprint density at radius 2 is 2.15 bits per heavy atom. The van der Waals surface area contributed by atoms with Gasteiger partial charge in [0.1, 0.15) is 5.82 Å². The van der Waals surface area contributed by atoms with E-state index in [1.165, 1.54) is 12.1 Å². The van der Waals surface area contributed by atoms with Crippen molar-refractivity contribution in [2.45, 2.75) is 24.9 Å². The molecule has 0 aromatic heterocycles. The second-order valence-corrected chi connectivity index (χ2v) is 3.58. The third-order valence-electron chi connectivity index (χ3n) is 2.37. The third-order valence-corrected chi connectivity index (χ3v) is 2.37. The standard InChI is InChI=1S/C10H13FN2/c11-7-2-1-3-9(4-7)13-10-5-8(12)6-10/h1-4,8,10,13H,5-6,12H2. The lowest BCUT2D eigenvalue weighted by atomic mass is 9.87. The lowest BCUT2D eigenvalue weighted by Crippen LogP contribution is -2.44. The summed E-state index contributed by atoms with van der Waals surface area (Å²) < 4.78 is 12.8. The average Bonchev–Trinajstić information content (AvgIpc) is 2.01. The Kier molecular flexibility index (Phi) is 2.19. The second kappa shape index (κ2) is 3.34. The lowest BCUT2D eigenvalue weighted by Gasteiger charge is -2.33. The van der Waals surface area contributed by atoms with E-state index in [0.717, 1.165) is 18.5 Å². The van der Waals surface area contributed by atoms with Gasteiger partial charge in [-0.3, -0.25) is 0 Å². The maximum atomic E-state index is 12.8. The third kappa shape index (κ3) is 1.98. The van der Waals surface area contributed by atoms with Crippen molar-refractivity contribution >= 4 is 5.69 Å². The molecule has 0 aliphatic heterocycles. The lowest BCUT2D eigenvalue weighted by molar-refractivity contribution is 0.373. The van der Waals surface area contributed by atoms with Crippen LogP contribution in [0.1, 0.15) is 12.8 Å². The maximum absolute atomic E-state index is 12.8. The van der Waals surface area contributed by atoms with Crippen molar-refractivity contribution in [2.24, 2.45) is 5.73 Å². The first kappa shape index (κ1) is 8.51. The predicted molar refractivity (Wildman–Crippen MR) is 51.0 cm³/mol. The van der Waals surface area contributed by atoms with Crippen molar-refractivity contribution in [1.82, 2.24) is 0 Å². The average molecular weight is 180 g/mol. The van der Waals surface area contributed by atoms with Gasteiger partial charge in [0, 0.05) is 17.8 Å². The van der Waals surface area contributed by atoms with E-state index in [4.69, 9.17) is 5.73 Å². The SMILES string of the molecule is NC1CC(Nc2cccc(F)c2)C1. The van der Waals surface area contributed by atoms with Gasteiger partial charge in [0.15, 0.2) is 0 Å². The smallest absolute Gasteiger partial charge is 0.125 e. The molecule has 2 rings (SSSR count). The van der Waals surface area contributed by atoms with Gasteiger partial charge in [-0.1, -0.05) is 6.07 Å². The van der Waals surface area contributed by atoms with Crippen LogP contribution in [0.4, 0.5) is 10.1 Å². The van der Waals surface area contributed by atoms with Gasteiger partial charge >= 0.3 is 0 Å². The molecular formula is C10H13FN2. The summed E-state index contributed by atoms with van der Waals surface area (Å²) in [6, 6.07) is 7.27. The molecule has 3 heteroatoms. The number of halogens is 1. The fraction of sp³-hybridized carbons (Fsp3) is 0.400. The Morgan fingerprint density at radius 3 is 2.77 bits per heavy atom. The topological polar surface area (TPSA) is 38.0 Å². The highest BCUT2D eigenvalue weighted by Gasteiger charge is 2.25. The van der Waals surface area contributed by atoms with Gasteiger partial charge in [-0.05, 0) is 31.0 Å². The molecular weight excluding hydrogens is 167 g/mol. The number of anilines is 1. The van der Waals surface area contributed by atoms with E-state index in [1.54, 1.807) is 6.07 Å². The Morgan fingerprint density at radius 1 is 1.38 bits per heavy atom. The number of rotatable bonds is 2. The van der Waals surface area contributed by atoms with Gasteiger partial charge in [-0.25, -0.2) is 4.39 Å². The normalized spacial score (nSPS) is 26.6.